The molecule has 0 saturated carbocycles. The molecule has 0 bridgehead atoms. The van der Waals surface area contributed by atoms with Gasteiger partial charge < -0.3 is 15.0 Å². The highest BCUT2D eigenvalue weighted by Crippen LogP contribution is 2.31. The van der Waals surface area contributed by atoms with Gasteiger partial charge in [-0.05, 0) is 25.0 Å². The lowest BCUT2D eigenvalue weighted by atomic mass is 10.1. The summed E-state index contributed by atoms with van der Waals surface area (Å²) in [5, 5.41) is 3.00. The van der Waals surface area contributed by atoms with E-state index in [1.165, 1.54) is 0 Å². The molecule has 3 aliphatic heterocycles. The van der Waals surface area contributed by atoms with E-state index in [9.17, 15) is 13.2 Å². The average Bonchev–Trinajstić information content (AvgIpc) is 3.26. The maximum atomic E-state index is 12.7. The number of sulfonamides is 1. The molecule has 3 heterocycles. The van der Waals surface area contributed by atoms with Crippen LogP contribution < -0.4 is 5.32 Å². The van der Waals surface area contributed by atoms with E-state index in [2.05, 4.69) is 14.6 Å². The van der Waals surface area contributed by atoms with Gasteiger partial charge in [0.05, 0.1) is 13.2 Å². The van der Waals surface area contributed by atoms with E-state index < -0.39 is 10.0 Å². The number of nitrogens with one attached hydrogen (secondary N) is 1. The van der Waals surface area contributed by atoms with Crippen molar-refractivity contribution in [2.45, 2.75) is 23.8 Å². The van der Waals surface area contributed by atoms with Gasteiger partial charge in [-0.1, -0.05) is 12.1 Å². The fourth-order valence-corrected chi connectivity index (χ4v) is 5.09. The monoisotopic (exact) mass is 392 g/mol. The van der Waals surface area contributed by atoms with Crippen molar-refractivity contribution < 1.29 is 17.9 Å². The molecule has 8 nitrogen and oxygen atoms in total. The molecule has 0 unspecified atom stereocenters. The van der Waals surface area contributed by atoms with Gasteiger partial charge in [0.1, 0.15) is 10.9 Å². The van der Waals surface area contributed by atoms with Crippen LogP contribution in [0.1, 0.15) is 18.4 Å². The highest BCUT2D eigenvalue weighted by Gasteiger charge is 2.39. The zero-order chi connectivity index (χ0) is 18.9. The number of amides is 1. The molecule has 0 spiro atoms. The molecule has 9 heteroatoms. The van der Waals surface area contributed by atoms with Crippen LogP contribution in [0.4, 0.5) is 0 Å². The summed E-state index contributed by atoms with van der Waals surface area (Å²) in [5.41, 5.74) is 0.588. The Balaban J connectivity index is 1.43. The first-order valence-corrected chi connectivity index (χ1v) is 10.8. The summed E-state index contributed by atoms with van der Waals surface area (Å²) in [4.78, 5) is 17.1. The van der Waals surface area contributed by atoms with Crippen LogP contribution in [-0.4, -0.2) is 81.9 Å². The summed E-state index contributed by atoms with van der Waals surface area (Å²) in [6.45, 7) is 5.23. The highest BCUT2D eigenvalue weighted by atomic mass is 32.2. The molecule has 1 amide bonds. The Bertz CT molecular complexity index is 849. The number of morpholine rings is 1. The molecular weight excluding hydrogens is 368 g/mol. The summed E-state index contributed by atoms with van der Waals surface area (Å²) in [6, 6.07) is 6.42. The minimum absolute atomic E-state index is 0.0646. The summed E-state index contributed by atoms with van der Waals surface area (Å²) in [6.07, 6.45) is 1.54. The van der Waals surface area contributed by atoms with Gasteiger partial charge >= 0.3 is 0 Å². The van der Waals surface area contributed by atoms with Crippen LogP contribution >= 0.6 is 0 Å². The first-order valence-electron chi connectivity index (χ1n) is 9.35. The molecule has 3 aliphatic rings. The molecule has 146 valence electrons. The summed E-state index contributed by atoms with van der Waals surface area (Å²) >= 11 is 0. The number of nitrogens with zero attached hydrogens (tertiary/aromatic N) is 3. The summed E-state index contributed by atoms with van der Waals surface area (Å²) in [7, 11) is -3.68. The van der Waals surface area contributed by atoms with Gasteiger partial charge in [-0.15, -0.1) is 4.40 Å². The van der Waals surface area contributed by atoms with E-state index in [1.807, 2.05) is 4.90 Å². The Kier molecular flexibility index (Phi) is 5.16. The second kappa shape index (κ2) is 7.57. The SMILES string of the molecule is O=C(NCCN1CCOCC1)[C@@H]1CCCN1C1=NS(=O)(=O)c2ccccc21. The molecule has 4 rings (SSSR count). The van der Waals surface area contributed by atoms with Crippen molar-refractivity contribution in [3.05, 3.63) is 29.8 Å². The van der Waals surface area contributed by atoms with E-state index in [0.717, 1.165) is 39.3 Å². The fourth-order valence-electron chi connectivity index (χ4n) is 3.87. The van der Waals surface area contributed by atoms with E-state index in [1.54, 1.807) is 24.3 Å². The van der Waals surface area contributed by atoms with E-state index in [-0.39, 0.29) is 16.8 Å². The third-order valence-corrected chi connectivity index (χ3v) is 6.60. The Morgan fingerprint density at radius 3 is 2.81 bits per heavy atom. The third kappa shape index (κ3) is 3.71. The van der Waals surface area contributed by atoms with Gasteiger partial charge in [-0.25, -0.2) is 0 Å². The molecular formula is C18H24N4O4S. The number of fused-ring (bicyclic) bond motifs is 1. The first kappa shape index (κ1) is 18.4. The molecule has 0 aliphatic carbocycles. The number of benzene rings is 1. The second-order valence-electron chi connectivity index (χ2n) is 6.98. The second-order valence-corrected chi connectivity index (χ2v) is 8.56. The van der Waals surface area contributed by atoms with E-state index in [0.29, 0.717) is 30.9 Å². The fraction of sp³-hybridized carbons (Fsp3) is 0.556. The Labute approximate surface area is 159 Å². The molecule has 1 atom stereocenters. The molecule has 27 heavy (non-hydrogen) atoms. The lowest BCUT2D eigenvalue weighted by molar-refractivity contribution is -0.124. The van der Waals surface area contributed by atoms with Crippen LogP contribution in [0.2, 0.25) is 0 Å². The van der Waals surface area contributed by atoms with Gasteiger partial charge in [0.15, 0.2) is 5.84 Å². The topological polar surface area (TPSA) is 91.3 Å². The van der Waals surface area contributed by atoms with Crippen LogP contribution in [0.25, 0.3) is 0 Å². The standard InChI is InChI=1S/C18H24N4O4S/c23-18(19-7-9-21-10-12-26-13-11-21)15-5-3-8-22(15)17-14-4-1-2-6-16(14)27(24,25)20-17/h1-2,4,6,15H,3,5,7-13H2,(H,19,23)/t15-/m0/s1. The highest BCUT2D eigenvalue weighted by molar-refractivity contribution is 7.90. The Hall–Kier alpha value is -1.97. The number of likely N-dealkylation sites (tertiary alicyclic amines) is 1. The zero-order valence-electron chi connectivity index (χ0n) is 15.1. The average molecular weight is 392 g/mol. The minimum Gasteiger partial charge on any atom is -0.379 e. The number of hydrogen-bond acceptors (Lipinski definition) is 6. The van der Waals surface area contributed by atoms with Crippen LogP contribution in [0.5, 0.6) is 0 Å². The number of ether oxygens (including phenoxy) is 1. The van der Waals surface area contributed by atoms with Gasteiger partial charge in [0, 0.05) is 38.3 Å². The largest absolute Gasteiger partial charge is 0.379 e. The first-order chi connectivity index (χ1) is 13.1. The Morgan fingerprint density at radius 1 is 1.22 bits per heavy atom. The minimum atomic E-state index is -3.68. The quantitative estimate of drug-likeness (QED) is 0.779. The predicted molar refractivity (Wildman–Crippen MR) is 100 cm³/mol. The van der Waals surface area contributed by atoms with Gasteiger partial charge in [0.2, 0.25) is 5.91 Å². The lowest BCUT2D eigenvalue weighted by Gasteiger charge is -2.28. The van der Waals surface area contributed by atoms with Crippen molar-refractivity contribution >= 4 is 21.8 Å². The van der Waals surface area contributed by atoms with Crippen LogP contribution in [0.15, 0.2) is 33.6 Å². The lowest BCUT2D eigenvalue weighted by Crippen LogP contribution is -2.48. The number of rotatable bonds is 4. The molecule has 1 aromatic rings. The van der Waals surface area contributed by atoms with Crippen molar-refractivity contribution in [2.75, 3.05) is 45.9 Å². The smallest absolute Gasteiger partial charge is 0.285 e. The molecule has 1 aromatic carbocycles. The Morgan fingerprint density at radius 2 is 2.00 bits per heavy atom. The molecule has 1 N–H and O–H groups in total. The van der Waals surface area contributed by atoms with Gasteiger partial charge in [0.25, 0.3) is 10.0 Å². The maximum absolute atomic E-state index is 12.7. The van der Waals surface area contributed by atoms with Crippen LogP contribution in [-0.2, 0) is 19.6 Å². The van der Waals surface area contributed by atoms with E-state index >= 15 is 0 Å². The van der Waals surface area contributed by atoms with Crippen molar-refractivity contribution in [3.63, 3.8) is 0 Å². The molecule has 2 saturated heterocycles. The van der Waals surface area contributed by atoms with Crippen molar-refractivity contribution in [1.82, 2.24) is 15.1 Å². The van der Waals surface area contributed by atoms with Gasteiger partial charge in [-0.2, -0.15) is 8.42 Å². The van der Waals surface area contributed by atoms with Crippen LogP contribution in [0.3, 0.4) is 0 Å². The van der Waals surface area contributed by atoms with E-state index in [4.69, 9.17) is 4.74 Å². The number of amidine groups is 1. The zero-order valence-corrected chi connectivity index (χ0v) is 16.0. The molecule has 2 fully saturated rings. The molecule has 0 aromatic heterocycles. The van der Waals surface area contributed by atoms with Crippen molar-refractivity contribution in [3.8, 4) is 0 Å². The summed E-state index contributed by atoms with van der Waals surface area (Å²) < 4.78 is 33.9. The molecule has 0 radical (unpaired) electrons. The third-order valence-electron chi connectivity index (χ3n) is 5.27. The summed E-state index contributed by atoms with van der Waals surface area (Å²) in [5.74, 6) is 0.335. The van der Waals surface area contributed by atoms with Gasteiger partial charge in [-0.3, -0.25) is 9.69 Å². The van der Waals surface area contributed by atoms with Crippen LogP contribution in [0, 0.1) is 0 Å². The normalized spacial score (nSPS) is 24.5. The predicted octanol–water partition coefficient (Wildman–Crippen LogP) is 0.0483. The van der Waals surface area contributed by atoms with Crippen molar-refractivity contribution in [1.29, 1.82) is 0 Å². The number of carbonyl (C=O) groups is 1. The van der Waals surface area contributed by atoms with Crippen molar-refractivity contribution in [2.24, 2.45) is 4.40 Å². The number of carbonyl (C=O) groups excluding carboxylic acids is 1. The maximum Gasteiger partial charge on any atom is 0.285 e. The number of hydrogen-bond donors (Lipinski definition) is 1.